The summed E-state index contributed by atoms with van der Waals surface area (Å²) < 4.78 is 20.6. The number of halogens is 1. The molecule has 26 heavy (non-hydrogen) atoms. The van der Waals surface area contributed by atoms with Gasteiger partial charge in [-0.05, 0) is 48.1 Å². The molecule has 1 fully saturated rings. The molecule has 0 aliphatic carbocycles. The van der Waals surface area contributed by atoms with Gasteiger partial charge in [-0.3, -0.25) is 9.36 Å². The van der Waals surface area contributed by atoms with E-state index in [0.29, 0.717) is 41.0 Å². The molecular weight excluding hydrogens is 333 g/mol. The average molecular weight is 353 g/mol. The van der Waals surface area contributed by atoms with Crippen LogP contribution in [0, 0.1) is 5.82 Å². The Hall–Kier alpha value is -2.86. The number of benzene rings is 2. The first-order chi connectivity index (χ1) is 12.5. The molecule has 0 amide bonds. The normalized spacial score (nSPS) is 17.0. The fourth-order valence-corrected chi connectivity index (χ4v) is 3.58. The Morgan fingerprint density at radius 3 is 2.58 bits per heavy atom. The van der Waals surface area contributed by atoms with Crippen molar-refractivity contribution in [1.29, 1.82) is 0 Å². The molecule has 1 aromatic heterocycles. The fourth-order valence-electron chi connectivity index (χ4n) is 3.58. The molecule has 4 N–H and O–H groups in total. The summed E-state index contributed by atoms with van der Waals surface area (Å²) in [6, 6.07) is 11.3. The van der Waals surface area contributed by atoms with Crippen LogP contribution >= 0.6 is 0 Å². The van der Waals surface area contributed by atoms with Gasteiger partial charge in [0.05, 0.1) is 12.6 Å². The van der Waals surface area contributed by atoms with Crippen molar-refractivity contribution < 1.29 is 9.13 Å². The molecule has 0 bridgehead atoms. The fraction of sp³-hybridized carbons (Fsp3) is 0.250. The van der Waals surface area contributed by atoms with Crippen LogP contribution in [-0.4, -0.2) is 17.3 Å². The largest absolute Gasteiger partial charge is 0.399 e. The van der Waals surface area contributed by atoms with E-state index in [1.807, 2.05) is 0 Å². The maximum absolute atomic E-state index is 13.4. The van der Waals surface area contributed by atoms with Crippen molar-refractivity contribution in [3.63, 3.8) is 0 Å². The van der Waals surface area contributed by atoms with E-state index in [2.05, 4.69) is 0 Å². The van der Waals surface area contributed by atoms with Crippen LogP contribution in [0.25, 0.3) is 21.9 Å². The van der Waals surface area contributed by atoms with Crippen molar-refractivity contribution >= 4 is 22.3 Å². The second kappa shape index (κ2) is 6.46. The Morgan fingerprint density at radius 2 is 1.88 bits per heavy atom. The Kier molecular flexibility index (Phi) is 4.12. The summed E-state index contributed by atoms with van der Waals surface area (Å²) >= 11 is 0. The maximum Gasteiger partial charge on any atom is 0.260 e. The first-order valence-corrected chi connectivity index (χ1v) is 8.63. The standard InChI is InChI=1S/C20H20FN3O2/c21-13-5-3-12(4-6-13)18-16-8-7-14(22)10-17(16)20(25)24(19(18)23)11-15-2-1-9-26-15/h3-8,10,15H,1-2,9,11,22-23H2. The molecule has 4 rings (SSSR count). The minimum atomic E-state index is -0.325. The minimum Gasteiger partial charge on any atom is -0.399 e. The van der Waals surface area contributed by atoms with Crippen LogP contribution in [0.2, 0.25) is 0 Å². The SMILES string of the molecule is Nc1ccc2c(-c3ccc(F)cc3)c(N)n(CC3CCCO3)c(=O)c2c1. The first kappa shape index (κ1) is 16.6. The molecule has 134 valence electrons. The number of nitrogens with zero attached hydrogens (tertiary/aromatic N) is 1. The molecule has 2 aromatic carbocycles. The van der Waals surface area contributed by atoms with E-state index in [0.717, 1.165) is 18.4 Å². The zero-order chi connectivity index (χ0) is 18.3. The molecule has 1 atom stereocenters. The van der Waals surface area contributed by atoms with Gasteiger partial charge in [-0.1, -0.05) is 18.2 Å². The summed E-state index contributed by atoms with van der Waals surface area (Å²) in [5.41, 5.74) is 14.1. The number of anilines is 2. The van der Waals surface area contributed by atoms with Crippen molar-refractivity contribution in [2.45, 2.75) is 25.5 Å². The molecule has 1 unspecified atom stereocenters. The lowest BCUT2D eigenvalue weighted by Crippen LogP contribution is -2.29. The zero-order valence-corrected chi connectivity index (χ0v) is 14.2. The third-order valence-corrected chi connectivity index (χ3v) is 4.88. The smallest absolute Gasteiger partial charge is 0.260 e. The van der Waals surface area contributed by atoms with Crippen LogP contribution in [0.4, 0.5) is 15.9 Å². The summed E-state index contributed by atoms with van der Waals surface area (Å²) in [5, 5.41) is 1.20. The molecule has 1 saturated heterocycles. The number of fused-ring (bicyclic) bond motifs is 1. The van der Waals surface area contributed by atoms with E-state index in [4.69, 9.17) is 16.2 Å². The van der Waals surface area contributed by atoms with E-state index in [1.165, 1.54) is 12.1 Å². The molecular formula is C20H20FN3O2. The Labute approximate surface area is 150 Å². The number of hydrogen-bond acceptors (Lipinski definition) is 4. The zero-order valence-electron chi connectivity index (χ0n) is 14.2. The van der Waals surface area contributed by atoms with Gasteiger partial charge in [0.2, 0.25) is 0 Å². The van der Waals surface area contributed by atoms with E-state index in [1.54, 1.807) is 34.9 Å². The second-order valence-corrected chi connectivity index (χ2v) is 6.62. The predicted molar refractivity (Wildman–Crippen MR) is 101 cm³/mol. The van der Waals surface area contributed by atoms with Crippen molar-refractivity contribution in [2.75, 3.05) is 18.1 Å². The molecule has 3 aromatic rings. The highest BCUT2D eigenvalue weighted by Gasteiger charge is 2.21. The number of nitrogens with two attached hydrogens (primary N) is 2. The van der Waals surface area contributed by atoms with Gasteiger partial charge in [-0.2, -0.15) is 0 Å². The van der Waals surface area contributed by atoms with Gasteiger partial charge in [-0.25, -0.2) is 4.39 Å². The van der Waals surface area contributed by atoms with Gasteiger partial charge < -0.3 is 16.2 Å². The topological polar surface area (TPSA) is 83.3 Å². The van der Waals surface area contributed by atoms with Gasteiger partial charge in [-0.15, -0.1) is 0 Å². The highest BCUT2D eigenvalue weighted by molar-refractivity contribution is 6.01. The third kappa shape index (κ3) is 2.82. The van der Waals surface area contributed by atoms with Gasteiger partial charge in [0.1, 0.15) is 11.6 Å². The number of nitrogen functional groups attached to an aromatic ring is 2. The van der Waals surface area contributed by atoms with E-state index < -0.39 is 0 Å². The molecule has 6 heteroatoms. The Morgan fingerprint density at radius 1 is 1.12 bits per heavy atom. The van der Waals surface area contributed by atoms with E-state index >= 15 is 0 Å². The molecule has 0 radical (unpaired) electrons. The maximum atomic E-state index is 13.4. The van der Waals surface area contributed by atoms with Gasteiger partial charge >= 0.3 is 0 Å². The van der Waals surface area contributed by atoms with E-state index in [9.17, 15) is 9.18 Å². The number of pyridine rings is 1. The first-order valence-electron chi connectivity index (χ1n) is 8.63. The summed E-state index contributed by atoms with van der Waals surface area (Å²) in [7, 11) is 0. The molecule has 0 saturated carbocycles. The third-order valence-electron chi connectivity index (χ3n) is 4.88. The van der Waals surface area contributed by atoms with Gasteiger partial charge in [0, 0.05) is 23.2 Å². The number of aromatic nitrogens is 1. The molecule has 1 aliphatic rings. The number of hydrogen-bond donors (Lipinski definition) is 2. The molecule has 0 spiro atoms. The molecule has 5 nitrogen and oxygen atoms in total. The van der Waals surface area contributed by atoms with Crippen LogP contribution in [0.3, 0.4) is 0 Å². The second-order valence-electron chi connectivity index (χ2n) is 6.62. The van der Waals surface area contributed by atoms with Crippen molar-refractivity contribution in [2.24, 2.45) is 0 Å². The molecule has 2 heterocycles. The van der Waals surface area contributed by atoms with Crippen molar-refractivity contribution in [1.82, 2.24) is 4.57 Å². The van der Waals surface area contributed by atoms with Crippen LogP contribution in [-0.2, 0) is 11.3 Å². The lowest BCUT2D eigenvalue weighted by atomic mass is 9.98. The highest BCUT2D eigenvalue weighted by Crippen LogP contribution is 2.33. The van der Waals surface area contributed by atoms with Gasteiger partial charge in [0.15, 0.2) is 0 Å². The van der Waals surface area contributed by atoms with Crippen LogP contribution < -0.4 is 17.0 Å². The summed E-state index contributed by atoms with van der Waals surface area (Å²) in [5.74, 6) is 0.0305. The summed E-state index contributed by atoms with van der Waals surface area (Å²) in [6.45, 7) is 1.09. The molecule has 1 aliphatic heterocycles. The highest BCUT2D eigenvalue weighted by atomic mass is 19.1. The van der Waals surface area contributed by atoms with Crippen LogP contribution in [0.5, 0.6) is 0 Å². The summed E-state index contributed by atoms with van der Waals surface area (Å²) in [4.78, 5) is 13.0. The quantitative estimate of drug-likeness (QED) is 0.709. The number of rotatable bonds is 3. The Bertz CT molecular complexity index is 1020. The van der Waals surface area contributed by atoms with Crippen LogP contribution in [0.1, 0.15) is 12.8 Å². The van der Waals surface area contributed by atoms with Gasteiger partial charge in [0.25, 0.3) is 5.56 Å². The number of ether oxygens (including phenoxy) is 1. The average Bonchev–Trinajstić information content (AvgIpc) is 3.14. The minimum absolute atomic E-state index is 0.0328. The monoisotopic (exact) mass is 353 g/mol. The van der Waals surface area contributed by atoms with E-state index in [-0.39, 0.29) is 17.5 Å². The predicted octanol–water partition coefficient (Wildman–Crippen LogP) is 3.15. The summed E-state index contributed by atoms with van der Waals surface area (Å²) in [6.07, 6.45) is 1.84. The van der Waals surface area contributed by atoms with Crippen molar-refractivity contribution in [3.8, 4) is 11.1 Å². The lowest BCUT2D eigenvalue weighted by Gasteiger charge is -2.19. The lowest BCUT2D eigenvalue weighted by molar-refractivity contribution is 0.0968. The Balaban J connectivity index is 1.99. The van der Waals surface area contributed by atoms with Crippen molar-refractivity contribution in [3.05, 3.63) is 58.6 Å². The van der Waals surface area contributed by atoms with Crippen LogP contribution in [0.15, 0.2) is 47.3 Å².